The number of amides is 2. The van der Waals surface area contributed by atoms with Gasteiger partial charge in [0.15, 0.2) is 6.10 Å². The molecule has 0 aromatic heterocycles. The van der Waals surface area contributed by atoms with Gasteiger partial charge in [-0.1, -0.05) is 30.3 Å². The summed E-state index contributed by atoms with van der Waals surface area (Å²) in [6.07, 6.45) is 0.288. The molecular formula is C18H20N2O3. The van der Waals surface area contributed by atoms with Crippen LogP contribution in [0.3, 0.4) is 0 Å². The summed E-state index contributed by atoms with van der Waals surface area (Å²) in [5.74, 6) is 0.653. The third-order valence-electron chi connectivity index (χ3n) is 4.16. The molecule has 0 N–H and O–H groups in total. The van der Waals surface area contributed by atoms with Gasteiger partial charge in [0, 0.05) is 26.2 Å². The second-order valence-corrected chi connectivity index (χ2v) is 5.74. The van der Waals surface area contributed by atoms with Gasteiger partial charge in [-0.25, -0.2) is 0 Å². The van der Waals surface area contributed by atoms with E-state index in [1.807, 2.05) is 42.5 Å². The van der Waals surface area contributed by atoms with Gasteiger partial charge in [-0.3, -0.25) is 9.59 Å². The molecule has 120 valence electrons. The maximum Gasteiger partial charge on any atom is 0.263 e. The molecule has 0 saturated carbocycles. The normalized spacial score (nSPS) is 16.2. The number of hydrogen-bond acceptors (Lipinski definition) is 3. The van der Waals surface area contributed by atoms with E-state index in [9.17, 15) is 9.59 Å². The fraction of sp³-hybridized carbons (Fsp3) is 0.333. The van der Waals surface area contributed by atoms with Crippen LogP contribution in [0.1, 0.15) is 6.92 Å². The van der Waals surface area contributed by atoms with Crippen LogP contribution in [0, 0.1) is 0 Å². The van der Waals surface area contributed by atoms with Gasteiger partial charge in [0.2, 0.25) is 6.41 Å². The molecule has 1 aliphatic heterocycles. The Morgan fingerprint density at radius 3 is 2.48 bits per heavy atom. The van der Waals surface area contributed by atoms with Crippen LogP contribution in [0.25, 0.3) is 10.8 Å². The lowest BCUT2D eigenvalue weighted by molar-refractivity contribution is -0.141. The van der Waals surface area contributed by atoms with Crippen molar-refractivity contribution in [1.82, 2.24) is 9.80 Å². The summed E-state index contributed by atoms with van der Waals surface area (Å²) >= 11 is 0. The molecule has 2 aromatic rings. The molecule has 1 atom stereocenters. The Labute approximate surface area is 135 Å². The van der Waals surface area contributed by atoms with Crippen LogP contribution >= 0.6 is 0 Å². The van der Waals surface area contributed by atoms with E-state index in [4.69, 9.17) is 4.74 Å². The van der Waals surface area contributed by atoms with E-state index in [1.54, 1.807) is 16.7 Å². The first-order chi connectivity index (χ1) is 11.2. The quantitative estimate of drug-likeness (QED) is 0.810. The fourth-order valence-corrected chi connectivity index (χ4v) is 2.80. The van der Waals surface area contributed by atoms with Crippen molar-refractivity contribution < 1.29 is 14.3 Å². The largest absolute Gasteiger partial charge is 0.481 e. The van der Waals surface area contributed by atoms with Crippen molar-refractivity contribution in [2.45, 2.75) is 13.0 Å². The monoisotopic (exact) mass is 312 g/mol. The first-order valence-electron chi connectivity index (χ1n) is 7.81. The standard InChI is InChI=1S/C18H20N2O3/c1-14(18(22)20-10-8-19(13-21)9-11-20)23-17-7-6-15-4-2-3-5-16(15)12-17/h2-7,12-14H,8-11H2,1H3/t14-/m0/s1. The zero-order valence-electron chi connectivity index (χ0n) is 13.1. The smallest absolute Gasteiger partial charge is 0.263 e. The molecule has 5 nitrogen and oxygen atoms in total. The zero-order chi connectivity index (χ0) is 16.2. The van der Waals surface area contributed by atoms with Gasteiger partial charge in [-0.05, 0) is 29.8 Å². The summed E-state index contributed by atoms with van der Waals surface area (Å²) in [5.41, 5.74) is 0. The highest BCUT2D eigenvalue weighted by molar-refractivity contribution is 5.84. The Bertz CT molecular complexity index is 708. The number of piperazine rings is 1. The van der Waals surface area contributed by atoms with Crippen molar-refractivity contribution in [3.05, 3.63) is 42.5 Å². The molecule has 0 aliphatic carbocycles. The minimum absolute atomic E-state index is 0.0382. The Kier molecular flexibility index (Phi) is 4.46. The van der Waals surface area contributed by atoms with Gasteiger partial charge in [0.25, 0.3) is 5.91 Å². The maximum atomic E-state index is 12.5. The molecule has 23 heavy (non-hydrogen) atoms. The van der Waals surface area contributed by atoms with Crippen molar-refractivity contribution in [3.63, 3.8) is 0 Å². The zero-order valence-corrected chi connectivity index (χ0v) is 13.1. The molecular weight excluding hydrogens is 292 g/mol. The molecule has 0 bridgehead atoms. The van der Waals surface area contributed by atoms with E-state index >= 15 is 0 Å². The van der Waals surface area contributed by atoms with Gasteiger partial charge in [0.1, 0.15) is 5.75 Å². The van der Waals surface area contributed by atoms with Crippen LogP contribution in [-0.2, 0) is 9.59 Å². The van der Waals surface area contributed by atoms with E-state index in [1.165, 1.54) is 0 Å². The Balaban J connectivity index is 1.64. The molecule has 3 rings (SSSR count). The number of hydrogen-bond donors (Lipinski definition) is 0. The van der Waals surface area contributed by atoms with Crippen molar-refractivity contribution in [1.29, 1.82) is 0 Å². The molecule has 2 aromatic carbocycles. The molecule has 0 spiro atoms. The summed E-state index contributed by atoms with van der Waals surface area (Å²) in [5, 5.41) is 2.23. The lowest BCUT2D eigenvalue weighted by atomic mass is 10.1. The lowest BCUT2D eigenvalue weighted by Gasteiger charge is -2.34. The minimum atomic E-state index is -0.543. The Hall–Kier alpha value is -2.56. The van der Waals surface area contributed by atoms with E-state index < -0.39 is 6.10 Å². The van der Waals surface area contributed by atoms with Gasteiger partial charge in [0.05, 0.1) is 0 Å². The van der Waals surface area contributed by atoms with Crippen LogP contribution in [0.2, 0.25) is 0 Å². The molecule has 0 unspecified atom stereocenters. The fourth-order valence-electron chi connectivity index (χ4n) is 2.80. The van der Waals surface area contributed by atoms with Gasteiger partial charge in [-0.2, -0.15) is 0 Å². The van der Waals surface area contributed by atoms with Gasteiger partial charge < -0.3 is 14.5 Å². The van der Waals surface area contributed by atoms with Crippen LogP contribution in [0.5, 0.6) is 5.75 Å². The van der Waals surface area contributed by atoms with Crippen molar-refractivity contribution in [3.8, 4) is 5.75 Å². The van der Waals surface area contributed by atoms with E-state index in [0.29, 0.717) is 31.9 Å². The van der Waals surface area contributed by atoms with Crippen molar-refractivity contribution in [2.24, 2.45) is 0 Å². The highest BCUT2D eigenvalue weighted by atomic mass is 16.5. The average Bonchev–Trinajstić information content (AvgIpc) is 2.61. The van der Waals surface area contributed by atoms with Gasteiger partial charge in [-0.15, -0.1) is 0 Å². The number of nitrogens with zero attached hydrogens (tertiary/aromatic N) is 2. The second kappa shape index (κ2) is 6.69. The summed E-state index contributed by atoms with van der Waals surface area (Å²) < 4.78 is 5.82. The number of rotatable bonds is 4. The number of benzene rings is 2. The number of carbonyl (C=O) groups excluding carboxylic acids is 2. The molecule has 1 heterocycles. The third-order valence-corrected chi connectivity index (χ3v) is 4.16. The van der Waals surface area contributed by atoms with Crippen LogP contribution < -0.4 is 4.74 Å². The maximum absolute atomic E-state index is 12.5. The highest BCUT2D eigenvalue weighted by Crippen LogP contribution is 2.21. The molecule has 2 amide bonds. The first-order valence-corrected chi connectivity index (χ1v) is 7.81. The number of carbonyl (C=O) groups is 2. The average molecular weight is 312 g/mol. The minimum Gasteiger partial charge on any atom is -0.481 e. The highest BCUT2D eigenvalue weighted by Gasteiger charge is 2.25. The SMILES string of the molecule is C[C@H](Oc1ccc2ccccc2c1)C(=O)N1CCN(C=O)CC1. The molecule has 1 fully saturated rings. The summed E-state index contributed by atoms with van der Waals surface area (Å²) in [6.45, 7) is 4.05. The molecule has 0 radical (unpaired) electrons. The number of fused-ring (bicyclic) bond motifs is 1. The van der Waals surface area contributed by atoms with E-state index in [-0.39, 0.29) is 5.91 Å². The molecule has 1 saturated heterocycles. The predicted molar refractivity (Wildman–Crippen MR) is 88.3 cm³/mol. The Morgan fingerprint density at radius 1 is 1.09 bits per heavy atom. The van der Waals surface area contributed by atoms with Crippen molar-refractivity contribution >= 4 is 23.1 Å². The summed E-state index contributed by atoms with van der Waals surface area (Å²) in [6, 6.07) is 13.9. The summed E-state index contributed by atoms with van der Waals surface area (Å²) in [7, 11) is 0. The van der Waals surface area contributed by atoms with Crippen molar-refractivity contribution in [2.75, 3.05) is 26.2 Å². The van der Waals surface area contributed by atoms with Crippen LogP contribution in [0.4, 0.5) is 0 Å². The number of ether oxygens (including phenoxy) is 1. The summed E-state index contributed by atoms with van der Waals surface area (Å²) in [4.78, 5) is 26.6. The predicted octanol–water partition coefficient (Wildman–Crippen LogP) is 1.91. The first kappa shape index (κ1) is 15.3. The Morgan fingerprint density at radius 2 is 1.78 bits per heavy atom. The third kappa shape index (κ3) is 3.44. The second-order valence-electron chi connectivity index (χ2n) is 5.74. The van der Waals surface area contributed by atoms with Crippen LogP contribution in [0.15, 0.2) is 42.5 Å². The van der Waals surface area contributed by atoms with Crippen LogP contribution in [-0.4, -0.2) is 54.4 Å². The van der Waals surface area contributed by atoms with E-state index in [0.717, 1.165) is 17.2 Å². The molecule has 5 heteroatoms. The molecule has 1 aliphatic rings. The van der Waals surface area contributed by atoms with Gasteiger partial charge >= 0.3 is 0 Å². The topological polar surface area (TPSA) is 49.9 Å². The van der Waals surface area contributed by atoms with E-state index in [2.05, 4.69) is 0 Å². The lowest BCUT2D eigenvalue weighted by Crippen LogP contribution is -2.51.